The second kappa shape index (κ2) is 7.58. The van der Waals surface area contributed by atoms with Crippen molar-refractivity contribution in [2.24, 2.45) is 0 Å². The lowest BCUT2D eigenvalue weighted by molar-refractivity contribution is -0.141. The molecule has 1 aliphatic heterocycles. The normalized spacial score (nSPS) is 15.1. The number of thiazole rings is 1. The molecule has 0 atom stereocenters. The fourth-order valence-electron chi connectivity index (χ4n) is 3.07. The molecule has 0 aliphatic carbocycles. The Kier molecular flexibility index (Phi) is 5.12. The van der Waals surface area contributed by atoms with Crippen molar-refractivity contribution >= 4 is 22.3 Å². The van der Waals surface area contributed by atoms with Crippen LogP contribution in [-0.2, 0) is 6.18 Å². The summed E-state index contributed by atoms with van der Waals surface area (Å²) in [7, 11) is 0. The van der Waals surface area contributed by atoms with E-state index in [1.807, 2.05) is 18.7 Å². The van der Waals surface area contributed by atoms with Crippen molar-refractivity contribution in [3.05, 3.63) is 46.7 Å². The Morgan fingerprint density at radius 1 is 0.966 bits per heavy atom. The highest BCUT2D eigenvalue weighted by molar-refractivity contribution is 7.15. The van der Waals surface area contributed by atoms with Crippen molar-refractivity contribution in [2.45, 2.75) is 20.0 Å². The van der Waals surface area contributed by atoms with Crippen molar-refractivity contribution in [1.29, 1.82) is 0 Å². The maximum absolute atomic E-state index is 13.4. The summed E-state index contributed by atoms with van der Waals surface area (Å²) in [4.78, 5) is 21.9. The van der Waals surface area contributed by atoms with Gasteiger partial charge in [0, 0.05) is 43.3 Å². The van der Waals surface area contributed by atoms with E-state index in [9.17, 15) is 13.2 Å². The van der Waals surface area contributed by atoms with E-state index in [2.05, 4.69) is 24.8 Å². The van der Waals surface area contributed by atoms with Gasteiger partial charge in [-0.25, -0.2) is 15.0 Å². The first-order valence-corrected chi connectivity index (χ1v) is 9.94. The summed E-state index contributed by atoms with van der Waals surface area (Å²) >= 11 is 1.64. The molecule has 0 spiro atoms. The molecule has 152 valence electrons. The van der Waals surface area contributed by atoms with Crippen molar-refractivity contribution in [3.8, 4) is 11.5 Å². The van der Waals surface area contributed by atoms with E-state index in [0.29, 0.717) is 31.9 Å². The SMILES string of the molecule is Cc1nc(N2CCN(c3cc(C(F)(F)F)nc(-c4ccccn4)n3)CC2)sc1C. The highest BCUT2D eigenvalue weighted by Crippen LogP contribution is 2.32. The number of pyridine rings is 1. The second-order valence-corrected chi connectivity index (χ2v) is 7.94. The minimum Gasteiger partial charge on any atom is -0.353 e. The van der Waals surface area contributed by atoms with Crippen LogP contribution in [0.5, 0.6) is 0 Å². The highest BCUT2D eigenvalue weighted by Gasteiger charge is 2.35. The molecule has 0 saturated carbocycles. The van der Waals surface area contributed by atoms with Crippen LogP contribution in [0.1, 0.15) is 16.3 Å². The molecule has 1 fully saturated rings. The molecule has 0 unspecified atom stereocenters. The zero-order chi connectivity index (χ0) is 20.6. The van der Waals surface area contributed by atoms with Crippen molar-refractivity contribution in [2.75, 3.05) is 36.0 Å². The zero-order valence-corrected chi connectivity index (χ0v) is 16.8. The van der Waals surface area contributed by atoms with Crippen LogP contribution in [0.15, 0.2) is 30.5 Å². The molecule has 4 heterocycles. The first-order chi connectivity index (χ1) is 13.8. The maximum Gasteiger partial charge on any atom is 0.433 e. The molecule has 3 aromatic rings. The number of piperazine rings is 1. The van der Waals surface area contributed by atoms with Crippen LogP contribution in [0.25, 0.3) is 11.5 Å². The first-order valence-electron chi connectivity index (χ1n) is 9.13. The molecule has 0 radical (unpaired) electrons. The molecule has 1 aliphatic rings. The van der Waals surface area contributed by atoms with Gasteiger partial charge in [0.15, 0.2) is 16.6 Å². The van der Waals surface area contributed by atoms with Crippen LogP contribution in [0.2, 0.25) is 0 Å². The second-order valence-electron chi connectivity index (χ2n) is 6.76. The summed E-state index contributed by atoms with van der Waals surface area (Å²) in [6, 6.07) is 6.01. The number of rotatable bonds is 3. The maximum atomic E-state index is 13.4. The predicted molar refractivity (Wildman–Crippen MR) is 106 cm³/mol. The molecule has 10 heteroatoms. The average molecular weight is 420 g/mol. The topological polar surface area (TPSA) is 58.0 Å². The van der Waals surface area contributed by atoms with Crippen molar-refractivity contribution in [1.82, 2.24) is 19.9 Å². The lowest BCUT2D eigenvalue weighted by atomic mass is 10.2. The molecule has 0 bridgehead atoms. The largest absolute Gasteiger partial charge is 0.433 e. The minimum atomic E-state index is -4.56. The Morgan fingerprint density at radius 3 is 2.28 bits per heavy atom. The molecule has 1 saturated heterocycles. The average Bonchev–Trinajstić information content (AvgIpc) is 3.06. The lowest BCUT2D eigenvalue weighted by Gasteiger charge is -2.35. The summed E-state index contributed by atoms with van der Waals surface area (Å²) in [5.41, 5.74) is 0.363. The predicted octanol–water partition coefficient (Wildman–Crippen LogP) is 3.96. The van der Waals surface area contributed by atoms with Gasteiger partial charge in [-0.1, -0.05) is 6.07 Å². The molecule has 0 amide bonds. The van der Waals surface area contributed by atoms with Gasteiger partial charge in [0.25, 0.3) is 0 Å². The third-order valence-corrected chi connectivity index (χ3v) is 5.92. The Morgan fingerprint density at radius 2 is 1.69 bits per heavy atom. The number of nitrogens with zero attached hydrogens (tertiary/aromatic N) is 6. The van der Waals surface area contributed by atoms with E-state index in [4.69, 9.17) is 0 Å². The Bertz CT molecular complexity index is 977. The Labute approximate surface area is 170 Å². The van der Waals surface area contributed by atoms with E-state index < -0.39 is 11.9 Å². The molecule has 0 N–H and O–H groups in total. The van der Waals surface area contributed by atoms with E-state index in [1.54, 1.807) is 29.5 Å². The van der Waals surface area contributed by atoms with Crippen LogP contribution in [-0.4, -0.2) is 46.1 Å². The molecule has 29 heavy (non-hydrogen) atoms. The zero-order valence-electron chi connectivity index (χ0n) is 15.9. The summed E-state index contributed by atoms with van der Waals surface area (Å²) < 4.78 is 40.2. The lowest BCUT2D eigenvalue weighted by Crippen LogP contribution is -2.47. The fraction of sp³-hybridized carbons (Fsp3) is 0.368. The van der Waals surface area contributed by atoms with Gasteiger partial charge in [-0.15, -0.1) is 11.3 Å². The Hall–Kier alpha value is -2.75. The van der Waals surface area contributed by atoms with Gasteiger partial charge in [0.1, 0.15) is 11.5 Å². The number of aryl methyl sites for hydroxylation is 2. The van der Waals surface area contributed by atoms with Gasteiger partial charge < -0.3 is 9.80 Å². The number of halogens is 3. The van der Waals surface area contributed by atoms with Gasteiger partial charge >= 0.3 is 6.18 Å². The van der Waals surface area contributed by atoms with E-state index in [0.717, 1.165) is 16.9 Å². The summed E-state index contributed by atoms with van der Waals surface area (Å²) in [5, 5.41) is 0.951. The fourth-order valence-corrected chi connectivity index (χ4v) is 4.03. The standard InChI is InChI=1S/C19H19F3N6S/c1-12-13(2)29-18(24-12)28-9-7-27(8-10-28)16-11-15(19(20,21)22)25-17(26-16)14-5-3-4-6-23-14/h3-6,11H,7-10H2,1-2H3. The van der Waals surface area contributed by atoms with Gasteiger partial charge in [-0.05, 0) is 26.0 Å². The molecule has 4 rings (SSSR count). The van der Waals surface area contributed by atoms with Gasteiger partial charge in [0.05, 0.1) is 5.69 Å². The van der Waals surface area contributed by atoms with Gasteiger partial charge in [-0.2, -0.15) is 13.2 Å². The number of hydrogen-bond acceptors (Lipinski definition) is 7. The number of hydrogen-bond donors (Lipinski definition) is 0. The molecule has 6 nitrogen and oxygen atoms in total. The van der Waals surface area contributed by atoms with Gasteiger partial charge in [0.2, 0.25) is 0 Å². The number of alkyl halides is 3. The molecular formula is C19H19F3N6S. The molecular weight excluding hydrogens is 401 g/mol. The van der Waals surface area contributed by atoms with Gasteiger partial charge in [-0.3, -0.25) is 4.98 Å². The Balaban J connectivity index is 1.60. The number of anilines is 2. The minimum absolute atomic E-state index is 0.0240. The quantitative estimate of drug-likeness (QED) is 0.639. The third-order valence-electron chi connectivity index (χ3n) is 4.79. The molecule has 3 aromatic heterocycles. The third kappa shape index (κ3) is 4.16. The highest BCUT2D eigenvalue weighted by atomic mass is 32.1. The van der Waals surface area contributed by atoms with Crippen LogP contribution in [0.3, 0.4) is 0 Å². The van der Waals surface area contributed by atoms with Crippen LogP contribution >= 0.6 is 11.3 Å². The van der Waals surface area contributed by atoms with Crippen LogP contribution < -0.4 is 9.80 Å². The number of aromatic nitrogens is 4. The van der Waals surface area contributed by atoms with Crippen molar-refractivity contribution < 1.29 is 13.2 Å². The van der Waals surface area contributed by atoms with E-state index in [-0.39, 0.29) is 11.6 Å². The van der Waals surface area contributed by atoms with Crippen molar-refractivity contribution in [3.63, 3.8) is 0 Å². The summed E-state index contributed by atoms with van der Waals surface area (Å²) in [6.07, 6.45) is -3.05. The first kappa shape index (κ1) is 19.6. The molecule has 0 aromatic carbocycles. The summed E-state index contributed by atoms with van der Waals surface area (Å²) in [6.45, 7) is 6.43. The van der Waals surface area contributed by atoms with Crippen LogP contribution in [0.4, 0.5) is 24.1 Å². The smallest absolute Gasteiger partial charge is 0.353 e. The van der Waals surface area contributed by atoms with E-state index >= 15 is 0 Å². The monoisotopic (exact) mass is 420 g/mol. The van der Waals surface area contributed by atoms with Crippen LogP contribution in [0, 0.1) is 13.8 Å². The summed E-state index contributed by atoms with van der Waals surface area (Å²) in [5.74, 6) is 0.239. The van der Waals surface area contributed by atoms with E-state index in [1.165, 1.54) is 11.1 Å².